The first kappa shape index (κ1) is 24.9. The van der Waals surface area contributed by atoms with Gasteiger partial charge in [-0.1, -0.05) is 36.4 Å². The van der Waals surface area contributed by atoms with Crippen LogP contribution >= 0.6 is 23.2 Å². The van der Waals surface area contributed by atoms with Crippen LogP contribution in [0.2, 0.25) is 0 Å². The molecule has 4 rings (SSSR count). The van der Waals surface area contributed by atoms with Gasteiger partial charge < -0.3 is 14.1 Å². The molecule has 182 valence electrons. The van der Waals surface area contributed by atoms with Crippen molar-refractivity contribution >= 4 is 60.7 Å². The van der Waals surface area contributed by atoms with Crippen molar-refractivity contribution in [3.05, 3.63) is 88.1 Å². The van der Waals surface area contributed by atoms with Gasteiger partial charge in [0.1, 0.15) is 5.52 Å². The minimum Gasteiger partial charge on any atom is -0.345 e. The molecule has 2 N–H and O–H groups in total. The number of pyridine rings is 1. The van der Waals surface area contributed by atoms with Crippen LogP contribution in [-0.2, 0) is 23.6 Å². The van der Waals surface area contributed by atoms with Gasteiger partial charge in [0.25, 0.3) is 5.56 Å². The molecule has 10 heteroatoms. The van der Waals surface area contributed by atoms with Crippen molar-refractivity contribution in [3.63, 3.8) is 0 Å². The summed E-state index contributed by atoms with van der Waals surface area (Å²) >= 11 is 12.2. The number of aromatic nitrogens is 3. The first-order valence-electron chi connectivity index (χ1n) is 10.7. The molecule has 3 heterocycles. The van der Waals surface area contributed by atoms with Crippen LogP contribution in [0.15, 0.2) is 82.5 Å². The molecule has 0 saturated heterocycles. The lowest BCUT2D eigenvalue weighted by atomic mass is 10.0. The van der Waals surface area contributed by atoms with Gasteiger partial charge in [0.2, 0.25) is 10.0 Å². The number of rotatable bonds is 8. The van der Waals surface area contributed by atoms with Crippen molar-refractivity contribution in [2.75, 3.05) is 10.5 Å². The highest BCUT2D eigenvalue weighted by atomic mass is 35.5. The summed E-state index contributed by atoms with van der Waals surface area (Å²) < 4.78 is 31.4. The Bertz CT molecular complexity index is 1690. The Morgan fingerprint density at radius 3 is 2.60 bits per heavy atom. The van der Waals surface area contributed by atoms with Gasteiger partial charge in [0, 0.05) is 58.6 Å². The van der Waals surface area contributed by atoms with E-state index in [-0.39, 0.29) is 11.3 Å². The average molecular weight is 531 g/mol. The Morgan fingerprint density at radius 1 is 1.20 bits per heavy atom. The van der Waals surface area contributed by atoms with Crippen molar-refractivity contribution in [1.82, 2.24) is 14.1 Å². The number of aryl methyl sites for hydroxylation is 1. The number of allylic oxidation sites excluding steroid dienone is 4. The second-order valence-electron chi connectivity index (χ2n) is 8.15. The molecular weight excluding hydrogens is 507 g/mol. The van der Waals surface area contributed by atoms with Gasteiger partial charge in [0.15, 0.2) is 0 Å². The summed E-state index contributed by atoms with van der Waals surface area (Å²) in [6.07, 6.45) is 6.94. The molecule has 0 atom stereocenters. The first-order chi connectivity index (χ1) is 16.5. The fourth-order valence-electron chi connectivity index (χ4n) is 4.09. The quantitative estimate of drug-likeness (QED) is 0.287. The summed E-state index contributed by atoms with van der Waals surface area (Å²) in [5.74, 6) is -0.0696. The molecule has 0 bridgehead atoms. The number of benzene rings is 1. The van der Waals surface area contributed by atoms with E-state index >= 15 is 0 Å². The Balaban J connectivity index is 1.98. The van der Waals surface area contributed by atoms with Gasteiger partial charge in [-0.25, -0.2) is 8.42 Å². The lowest BCUT2D eigenvalue weighted by molar-refractivity contribution is 0.602. The monoisotopic (exact) mass is 530 g/mol. The van der Waals surface area contributed by atoms with Crippen molar-refractivity contribution < 1.29 is 8.42 Å². The fraction of sp³-hybridized carbons (Fsp3) is 0.160. The Morgan fingerprint density at radius 2 is 1.94 bits per heavy atom. The van der Waals surface area contributed by atoms with Crippen LogP contribution in [0.25, 0.3) is 32.9 Å². The van der Waals surface area contributed by atoms with Crippen molar-refractivity contribution in [2.24, 2.45) is 7.05 Å². The van der Waals surface area contributed by atoms with Gasteiger partial charge in [-0.3, -0.25) is 9.52 Å². The maximum Gasteiger partial charge on any atom is 0.272 e. The molecule has 0 fully saturated rings. The highest BCUT2D eigenvalue weighted by Crippen LogP contribution is 2.36. The molecule has 0 aliphatic rings. The van der Waals surface area contributed by atoms with E-state index in [1.54, 1.807) is 36.9 Å². The molecule has 7 nitrogen and oxygen atoms in total. The summed E-state index contributed by atoms with van der Waals surface area (Å²) in [7, 11) is -1.75. The van der Waals surface area contributed by atoms with Crippen LogP contribution in [-0.4, -0.2) is 28.3 Å². The van der Waals surface area contributed by atoms with Crippen LogP contribution < -0.4 is 10.3 Å². The molecule has 0 radical (unpaired) electrons. The van der Waals surface area contributed by atoms with E-state index in [0.717, 1.165) is 22.0 Å². The standard InChI is InChI=1S/C25H24Cl2N4O3S/c1-5-35(33,34)29-22-11-17(21-14-30(4)24-19(21)6-8-28-25(24)32)12-23-20(22)7-9-31(23)13-18(16(3)27)10-15(2)26/h6-12,14,29H,2-3,5,13H2,1,4H3,(H,28,32)/b18-10-. The Labute approximate surface area is 213 Å². The number of H-pyrrole nitrogens is 1. The van der Waals surface area contributed by atoms with Gasteiger partial charge >= 0.3 is 0 Å². The van der Waals surface area contributed by atoms with Crippen LogP contribution in [0.1, 0.15) is 6.92 Å². The zero-order valence-corrected chi connectivity index (χ0v) is 21.6. The molecular formula is C25H24Cl2N4O3S. The van der Waals surface area contributed by atoms with E-state index in [1.165, 1.54) is 0 Å². The molecule has 0 unspecified atom stereocenters. The number of hydrogen-bond acceptors (Lipinski definition) is 3. The topological polar surface area (TPSA) is 88.9 Å². The summed E-state index contributed by atoms with van der Waals surface area (Å²) in [5.41, 5.74) is 3.74. The van der Waals surface area contributed by atoms with E-state index in [0.29, 0.717) is 38.8 Å². The number of fused-ring (bicyclic) bond motifs is 2. The third kappa shape index (κ3) is 4.96. The molecule has 4 aromatic rings. The van der Waals surface area contributed by atoms with Crippen molar-refractivity contribution in [2.45, 2.75) is 13.5 Å². The van der Waals surface area contributed by atoms with Crippen LogP contribution in [0.3, 0.4) is 0 Å². The molecule has 3 aromatic heterocycles. The third-order valence-corrected chi connectivity index (χ3v) is 7.41. The summed E-state index contributed by atoms with van der Waals surface area (Å²) in [6.45, 7) is 9.43. The zero-order valence-electron chi connectivity index (χ0n) is 19.2. The van der Waals surface area contributed by atoms with Gasteiger partial charge in [-0.15, -0.1) is 0 Å². The number of aromatic amines is 1. The van der Waals surface area contributed by atoms with Crippen LogP contribution in [0.5, 0.6) is 0 Å². The van der Waals surface area contributed by atoms with E-state index < -0.39 is 10.0 Å². The predicted molar refractivity (Wildman–Crippen MR) is 146 cm³/mol. The van der Waals surface area contributed by atoms with Gasteiger partial charge in [0.05, 0.1) is 17.0 Å². The number of nitrogens with zero attached hydrogens (tertiary/aromatic N) is 2. The lowest BCUT2D eigenvalue weighted by Gasteiger charge is -2.13. The average Bonchev–Trinajstić information content (AvgIpc) is 3.34. The van der Waals surface area contributed by atoms with Crippen molar-refractivity contribution in [3.8, 4) is 11.1 Å². The fourth-order valence-corrected chi connectivity index (χ4v) is 4.99. The summed E-state index contributed by atoms with van der Waals surface area (Å²) in [4.78, 5) is 15.1. The van der Waals surface area contributed by atoms with E-state index in [2.05, 4.69) is 22.9 Å². The summed E-state index contributed by atoms with van der Waals surface area (Å²) in [6, 6.07) is 7.41. The molecule has 35 heavy (non-hydrogen) atoms. The molecule has 0 saturated carbocycles. The van der Waals surface area contributed by atoms with E-state index in [4.69, 9.17) is 23.2 Å². The van der Waals surface area contributed by atoms with Crippen LogP contribution in [0.4, 0.5) is 5.69 Å². The van der Waals surface area contributed by atoms with E-state index in [9.17, 15) is 13.2 Å². The molecule has 0 spiro atoms. The molecule has 0 aliphatic heterocycles. The Kier molecular flexibility index (Phi) is 6.73. The second-order valence-corrected chi connectivity index (χ2v) is 11.1. The number of hydrogen-bond donors (Lipinski definition) is 2. The molecule has 0 aliphatic carbocycles. The maximum atomic E-state index is 12.5. The smallest absolute Gasteiger partial charge is 0.272 e. The van der Waals surface area contributed by atoms with E-state index in [1.807, 2.05) is 35.2 Å². The SMILES string of the molecule is C=C(Cl)/C=C(/Cn1ccc2c(NS(=O)(=O)CC)cc(-c3cn(C)c4c(=O)[nH]ccc34)cc21)C(=C)Cl. The number of nitrogens with one attached hydrogen (secondary N) is 2. The lowest BCUT2D eigenvalue weighted by Crippen LogP contribution is -2.14. The van der Waals surface area contributed by atoms with Crippen molar-refractivity contribution in [1.29, 1.82) is 0 Å². The maximum absolute atomic E-state index is 12.5. The summed E-state index contributed by atoms with van der Waals surface area (Å²) in [5, 5.41) is 2.11. The molecule has 0 amide bonds. The number of sulfonamides is 1. The molecule has 1 aromatic carbocycles. The normalized spacial score (nSPS) is 12.4. The van der Waals surface area contributed by atoms with Gasteiger partial charge in [-0.05, 0) is 48.4 Å². The second kappa shape index (κ2) is 9.45. The Hall–Kier alpha value is -3.20. The highest BCUT2D eigenvalue weighted by molar-refractivity contribution is 7.92. The first-order valence-corrected chi connectivity index (χ1v) is 13.1. The highest BCUT2D eigenvalue weighted by Gasteiger charge is 2.18. The van der Waals surface area contributed by atoms with Crippen LogP contribution in [0, 0.1) is 0 Å². The number of anilines is 1. The minimum absolute atomic E-state index is 0.0696. The number of halogens is 2. The zero-order chi connectivity index (χ0) is 25.5. The third-order valence-electron chi connectivity index (χ3n) is 5.77. The predicted octanol–water partition coefficient (Wildman–Crippen LogP) is 5.68. The minimum atomic E-state index is -3.55. The largest absolute Gasteiger partial charge is 0.345 e. The van der Waals surface area contributed by atoms with Gasteiger partial charge in [-0.2, -0.15) is 0 Å².